The highest BCUT2D eigenvalue weighted by atomic mass is 32.2. The Morgan fingerprint density at radius 2 is 1.73 bits per heavy atom. The molecule has 0 bridgehead atoms. The van der Waals surface area contributed by atoms with E-state index in [0.717, 1.165) is 23.3 Å². The zero-order valence-electron chi connectivity index (χ0n) is 14.2. The molecule has 1 aliphatic rings. The van der Waals surface area contributed by atoms with E-state index >= 15 is 0 Å². The van der Waals surface area contributed by atoms with Crippen LogP contribution in [0.3, 0.4) is 0 Å². The molecule has 0 aliphatic carbocycles. The summed E-state index contributed by atoms with van der Waals surface area (Å²) in [4.78, 5) is 0.412. The van der Waals surface area contributed by atoms with Crippen LogP contribution in [0.2, 0.25) is 0 Å². The molecule has 4 nitrogen and oxygen atoms in total. The van der Waals surface area contributed by atoms with E-state index in [1.165, 1.54) is 0 Å². The monoisotopic (exact) mass is 325 g/mol. The SMILES string of the molecule is CCOc1cc(C)c(S(=O)(=O)N2C[C@H](C)C[C@H](C)C2)cc1C. The molecule has 0 radical (unpaired) electrons. The predicted octanol–water partition coefficient (Wildman–Crippen LogP) is 3.37. The summed E-state index contributed by atoms with van der Waals surface area (Å²) in [6.45, 7) is 11.7. The van der Waals surface area contributed by atoms with Gasteiger partial charge >= 0.3 is 0 Å². The van der Waals surface area contributed by atoms with Gasteiger partial charge in [0.1, 0.15) is 5.75 Å². The fourth-order valence-corrected chi connectivity index (χ4v) is 5.26. The van der Waals surface area contributed by atoms with Gasteiger partial charge < -0.3 is 4.74 Å². The Bertz CT molecular complexity index is 630. The smallest absolute Gasteiger partial charge is 0.243 e. The summed E-state index contributed by atoms with van der Waals surface area (Å²) in [5.74, 6) is 1.57. The minimum atomic E-state index is -3.43. The quantitative estimate of drug-likeness (QED) is 0.852. The summed E-state index contributed by atoms with van der Waals surface area (Å²) < 4.78 is 33.2. The molecule has 2 atom stereocenters. The second-order valence-electron chi connectivity index (χ2n) is 6.58. The van der Waals surface area contributed by atoms with Gasteiger partial charge in [-0.25, -0.2) is 8.42 Å². The fourth-order valence-electron chi connectivity index (χ4n) is 3.29. The third-order valence-corrected chi connectivity index (χ3v) is 6.20. The summed E-state index contributed by atoms with van der Waals surface area (Å²) in [7, 11) is -3.43. The number of aryl methyl sites for hydroxylation is 2. The summed E-state index contributed by atoms with van der Waals surface area (Å²) in [6.07, 6.45) is 1.09. The Labute approximate surface area is 134 Å². The van der Waals surface area contributed by atoms with E-state index in [1.54, 1.807) is 10.4 Å². The normalized spacial score (nSPS) is 23.5. The molecule has 1 heterocycles. The molecule has 0 aromatic heterocycles. The van der Waals surface area contributed by atoms with E-state index in [2.05, 4.69) is 13.8 Å². The van der Waals surface area contributed by atoms with Crippen molar-refractivity contribution in [1.82, 2.24) is 4.31 Å². The van der Waals surface area contributed by atoms with Crippen LogP contribution in [0.25, 0.3) is 0 Å². The minimum Gasteiger partial charge on any atom is -0.494 e. The summed E-state index contributed by atoms with van der Waals surface area (Å²) in [6, 6.07) is 3.59. The average molecular weight is 325 g/mol. The molecule has 1 aromatic rings. The maximum atomic E-state index is 13.0. The molecule has 0 amide bonds. The first-order valence-corrected chi connectivity index (χ1v) is 9.43. The molecule has 1 aromatic carbocycles. The maximum absolute atomic E-state index is 13.0. The van der Waals surface area contributed by atoms with Crippen LogP contribution in [0.1, 0.15) is 38.3 Å². The van der Waals surface area contributed by atoms with Crippen molar-refractivity contribution in [2.45, 2.75) is 45.9 Å². The standard InChI is InChI=1S/C17H27NO3S/c1-6-21-16-8-15(5)17(9-14(16)4)22(19,20)18-10-12(2)7-13(3)11-18/h8-9,12-13H,6-7,10-11H2,1-5H3/t12-,13+. The van der Waals surface area contributed by atoms with Crippen LogP contribution in [0, 0.1) is 25.7 Å². The lowest BCUT2D eigenvalue weighted by Crippen LogP contribution is -2.42. The minimum absolute atomic E-state index is 0.405. The van der Waals surface area contributed by atoms with Crippen molar-refractivity contribution in [2.75, 3.05) is 19.7 Å². The Kier molecular flexibility index (Phi) is 5.17. The van der Waals surface area contributed by atoms with Gasteiger partial charge in [0.15, 0.2) is 0 Å². The number of hydrogen-bond donors (Lipinski definition) is 0. The van der Waals surface area contributed by atoms with Gasteiger partial charge in [-0.2, -0.15) is 4.31 Å². The van der Waals surface area contributed by atoms with Crippen LogP contribution in [-0.4, -0.2) is 32.4 Å². The van der Waals surface area contributed by atoms with Crippen LogP contribution in [0.4, 0.5) is 0 Å². The molecule has 2 rings (SSSR count). The third kappa shape index (κ3) is 3.46. The van der Waals surface area contributed by atoms with Crippen LogP contribution >= 0.6 is 0 Å². The van der Waals surface area contributed by atoms with E-state index < -0.39 is 10.0 Å². The highest BCUT2D eigenvalue weighted by molar-refractivity contribution is 7.89. The van der Waals surface area contributed by atoms with E-state index in [4.69, 9.17) is 4.74 Å². The van der Waals surface area contributed by atoms with Crippen molar-refractivity contribution in [3.8, 4) is 5.75 Å². The molecule has 1 aliphatic heterocycles. The van der Waals surface area contributed by atoms with Gasteiger partial charge in [-0.05, 0) is 62.3 Å². The topological polar surface area (TPSA) is 46.6 Å². The van der Waals surface area contributed by atoms with E-state index in [1.807, 2.05) is 26.8 Å². The highest BCUT2D eigenvalue weighted by Crippen LogP contribution is 2.31. The van der Waals surface area contributed by atoms with E-state index in [9.17, 15) is 8.42 Å². The largest absolute Gasteiger partial charge is 0.494 e. The van der Waals surface area contributed by atoms with Crippen LogP contribution in [0.15, 0.2) is 17.0 Å². The number of benzene rings is 1. The number of nitrogens with zero attached hydrogens (tertiary/aromatic N) is 1. The zero-order valence-corrected chi connectivity index (χ0v) is 15.0. The van der Waals surface area contributed by atoms with Crippen molar-refractivity contribution in [1.29, 1.82) is 0 Å². The number of piperidine rings is 1. The van der Waals surface area contributed by atoms with Gasteiger partial charge in [-0.1, -0.05) is 13.8 Å². The van der Waals surface area contributed by atoms with Crippen LogP contribution < -0.4 is 4.74 Å². The molecule has 0 N–H and O–H groups in total. The Morgan fingerprint density at radius 1 is 1.14 bits per heavy atom. The summed E-state index contributed by atoms with van der Waals surface area (Å²) in [5.41, 5.74) is 1.61. The second kappa shape index (κ2) is 6.59. The molecular weight excluding hydrogens is 298 g/mol. The first kappa shape index (κ1) is 17.3. The van der Waals surface area contributed by atoms with Gasteiger partial charge in [-0.15, -0.1) is 0 Å². The van der Waals surface area contributed by atoms with E-state index in [0.29, 0.717) is 36.4 Å². The first-order chi connectivity index (χ1) is 10.3. The third-order valence-electron chi connectivity index (χ3n) is 4.23. The molecule has 1 fully saturated rings. The Balaban J connectivity index is 2.39. The molecule has 0 saturated carbocycles. The number of ether oxygens (including phenoxy) is 1. The fraction of sp³-hybridized carbons (Fsp3) is 0.647. The van der Waals surface area contributed by atoms with Gasteiger partial charge in [0.25, 0.3) is 0 Å². The summed E-state index contributed by atoms with van der Waals surface area (Å²) in [5, 5.41) is 0. The van der Waals surface area contributed by atoms with Gasteiger partial charge in [0, 0.05) is 13.1 Å². The lowest BCUT2D eigenvalue weighted by molar-refractivity contribution is 0.222. The molecular formula is C17H27NO3S. The highest BCUT2D eigenvalue weighted by Gasteiger charge is 2.32. The predicted molar refractivity (Wildman–Crippen MR) is 88.8 cm³/mol. The van der Waals surface area contributed by atoms with Crippen LogP contribution in [-0.2, 0) is 10.0 Å². The molecule has 124 valence electrons. The molecule has 22 heavy (non-hydrogen) atoms. The maximum Gasteiger partial charge on any atom is 0.243 e. The second-order valence-corrected chi connectivity index (χ2v) is 8.49. The Hall–Kier alpha value is -1.07. The van der Waals surface area contributed by atoms with Crippen molar-refractivity contribution in [3.05, 3.63) is 23.3 Å². The van der Waals surface area contributed by atoms with Gasteiger partial charge in [0.05, 0.1) is 11.5 Å². The number of hydrogen-bond acceptors (Lipinski definition) is 3. The molecule has 0 unspecified atom stereocenters. The average Bonchev–Trinajstić information content (AvgIpc) is 2.41. The van der Waals surface area contributed by atoms with Crippen molar-refractivity contribution in [3.63, 3.8) is 0 Å². The van der Waals surface area contributed by atoms with Gasteiger partial charge in [-0.3, -0.25) is 0 Å². The van der Waals surface area contributed by atoms with Crippen molar-refractivity contribution in [2.24, 2.45) is 11.8 Å². The van der Waals surface area contributed by atoms with Crippen LogP contribution in [0.5, 0.6) is 5.75 Å². The number of rotatable bonds is 4. The lowest BCUT2D eigenvalue weighted by Gasteiger charge is -2.34. The summed E-state index contributed by atoms with van der Waals surface area (Å²) >= 11 is 0. The van der Waals surface area contributed by atoms with Crippen molar-refractivity contribution < 1.29 is 13.2 Å². The van der Waals surface area contributed by atoms with Crippen molar-refractivity contribution >= 4 is 10.0 Å². The first-order valence-electron chi connectivity index (χ1n) is 7.99. The zero-order chi connectivity index (χ0) is 16.5. The van der Waals surface area contributed by atoms with Gasteiger partial charge in [0.2, 0.25) is 10.0 Å². The number of sulfonamides is 1. The van der Waals surface area contributed by atoms with E-state index in [-0.39, 0.29) is 0 Å². The lowest BCUT2D eigenvalue weighted by atomic mass is 9.94. The molecule has 1 saturated heterocycles. The molecule has 5 heteroatoms. The Morgan fingerprint density at radius 3 is 2.27 bits per heavy atom. The molecule has 0 spiro atoms.